The summed E-state index contributed by atoms with van der Waals surface area (Å²) >= 11 is 0. The van der Waals surface area contributed by atoms with Gasteiger partial charge in [0.1, 0.15) is 47.6 Å². The molecule has 3 atom stereocenters. The molecule has 2 saturated heterocycles. The van der Waals surface area contributed by atoms with Crippen molar-refractivity contribution in [1.82, 2.24) is 24.8 Å². The Morgan fingerprint density at radius 1 is 1.24 bits per heavy atom. The lowest BCUT2D eigenvalue weighted by Gasteiger charge is -2.31. The van der Waals surface area contributed by atoms with E-state index < -0.39 is 17.5 Å². The van der Waals surface area contributed by atoms with E-state index >= 15 is 4.39 Å². The van der Waals surface area contributed by atoms with E-state index in [4.69, 9.17) is 25.2 Å². The standard InChI is InChI=1S/C30H37F2N7O3/c1-3-39-19(7-10-40)14-41-28-23-26(24(32)25(35-28)20-11-21(33)34-16(2)22(20)17-5-6-17)36-29(37-27(23)39)42-15-30-8-4-9-38(30)13-18(31)12-30/h11,17-19,40H,3-10,12-15H2,1-2H3,(H2,33,34)/t18-,19+,30+/m1/s1. The predicted molar refractivity (Wildman–Crippen MR) is 154 cm³/mol. The molecule has 1 aliphatic carbocycles. The monoisotopic (exact) mass is 581 g/mol. The van der Waals surface area contributed by atoms with Crippen LogP contribution in [0.3, 0.4) is 0 Å². The number of aliphatic hydroxyl groups excluding tert-OH is 1. The number of hydrogen-bond acceptors (Lipinski definition) is 10. The van der Waals surface area contributed by atoms with Crippen LogP contribution in [-0.4, -0.2) is 87.1 Å². The smallest absolute Gasteiger partial charge is 0.319 e. The van der Waals surface area contributed by atoms with Crippen molar-refractivity contribution in [2.75, 3.05) is 50.1 Å². The van der Waals surface area contributed by atoms with Crippen molar-refractivity contribution in [2.24, 2.45) is 0 Å². The Hall–Kier alpha value is -3.38. The number of aliphatic hydroxyl groups is 1. The zero-order chi connectivity index (χ0) is 29.2. The number of fused-ring (bicyclic) bond motifs is 1. The molecule has 0 bridgehead atoms. The number of nitrogen functional groups attached to an aromatic ring is 1. The molecular weight excluding hydrogens is 544 g/mol. The summed E-state index contributed by atoms with van der Waals surface area (Å²) in [6, 6.07) is 1.48. The van der Waals surface area contributed by atoms with Gasteiger partial charge < -0.3 is 25.2 Å². The largest absolute Gasteiger partial charge is 0.475 e. The van der Waals surface area contributed by atoms with Crippen molar-refractivity contribution >= 4 is 22.5 Å². The Morgan fingerprint density at radius 2 is 2.07 bits per heavy atom. The molecule has 12 heteroatoms. The number of likely N-dealkylation sites (N-methyl/N-ethyl adjacent to an activating group) is 1. The summed E-state index contributed by atoms with van der Waals surface area (Å²) in [6.07, 6.45) is 3.74. The Labute approximate surface area is 243 Å². The number of hydrogen-bond donors (Lipinski definition) is 2. The summed E-state index contributed by atoms with van der Waals surface area (Å²) in [5.41, 5.74) is 8.18. The highest BCUT2D eigenvalue weighted by Crippen LogP contribution is 2.48. The molecule has 6 heterocycles. The van der Waals surface area contributed by atoms with Gasteiger partial charge in [-0.05, 0) is 70.0 Å². The van der Waals surface area contributed by atoms with Crippen LogP contribution in [0.2, 0.25) is 0 Å². The Morgan fingerprint density at radius 3 is 2.83 bits per heavy atom. The van der Waals surface area contributed by atoms with E-state index in [-0.39, 0.29) is 60.7 Å². The van der Waals surface area contributed by atoms with Gasteiger partial charge in [-0.3, -0.25) is 4.90 Å². The van der Waals surface area contributed by atoms with Crippen molar-refractivity contribution in [2.45, 2.75) is 76.0 Å². The van der Waals surface area contributed by atoms with E-state index in [1.54, 1.807) is 6.07 Å². The highest BCUT2D eigenvalue weighted by molar-refractivity contribution is 5.97. The van der Waals surface area contributed by atoms with Gasteiger partial charge in [-0.15, -0.1) is 0 Å². The van der Waals surface area contributed by atoms with Crippen LogP contribution < -0.4 is 20.1 Å². The van der Waals surface area contributed by atoms with Crippen LogP contribution in [0.25, 0.3) is 22.2 Å². The fraction of sp³-hybridized carbons (Fsp3) is 0.600. The van der Waals surface area contributed by atoms with E-state index in [0.717, 1.165) is 43.5 Å². The maximum Gasteiger partial charge on any atom is 0.319 e. The molecule has 3 aliphatic heterocycles. The van der Waals surface area contributed by atoms with Gasteiger partial charge >= 0.3 is 6.01 Å². The average molecular weight is 582 g/mol. The lowest BCUT2D eigenvalue weighted by atomic mass is 9.95. The van der Waals surface area contributed by atoms with Crippen molar-refractivity contribution in [3.63, 3.8) is 0 Å². The molecule has 10 nitrogen and oxygen atoms in total. The second-order valence-corrected chi connectivity index (χ2v) is 12.1. The summed E-state index contributed by atoms with van der Waals surface area (Å²) in [4.78, 5) is 22.7. The second kappa shape index (κ2) is 10.4. The van der Waals surface area contributed by atoms with Gasteiger partial charge in [0.2, 0.25) is 5.88 Å². The van der Waals surface area contributed by atoms with Gasteiger partial charge in [0.15, 0.2) is 5.82 Å². The van der Waals surface area contributed by atoms with E-state index in [0.29, 0.717) is 42.7 Å². The number of halogens is 2. The number of nitrogens with two attached hydrogens (primary N) is 1. The van der Waals surface area contributed by atoms with Gasteiger partial charge in [0.05, 0.1) is 11.6 Å². The van der Waals surface area contributed by atoms with Gasteiger partial charge in [-0.25, -0.2) is 18.7 Å². The first-order valence-electron chi connectivity index (χ1n) is 15.0. The fourth-order valence-corrected chi connectivity index (χ4v) is 7.33. The zero-order valence-corrected chi connectivity index (χ0v) is 24.1. The molecule has 0 amide bonds. The van der Waals surface area contributed by atoms with Crippen LogP contribution in [-0.2, 0) is 0 Å². The lowest BCUT2D eigenvalue weighted by molar-refractivity contribution is 0.107. The van der Waals surface area contributed by atoms with Crippen LogP contribution in [0.4, 0.5) is 20.4 Å². The molecule has 0 spiro atoms. The van der Waals surface area contributed by atoms with Crippen LogP contribution in [0.1, 0.15) is 62.6 Å². The summed E-state index contributed by atoms with van der Waals surface area (Å²) in [7, 11) is 0. The predicted octanol–water partition coefficient (Wildman–Crippen LogP) is 3.92. The molecule has 1 saturated carbocycles. The topological polar surface area (TPSA) is 123 Å². The molecule has 0 unspecified atom stereocenters. The number of nitrogens with zero attached hydrogens (tertiary/aromatic N) is 6. The van der Waals surface area contributed by atoms with E-state index in [1.807, 2.05) is 18.7 Å². The van der Waals surface area contributed by atoms with Crippen LogP contribution >= 0.6 is 0 Å². The summed E-state index contributed by atoms with van der Waals surface area (Å²) in [5, 5.41) is 10.2. The zero-order valence-electron chi connectivity index (χ0n) is 24.1. The third kappa shape index (κ3) is 4.50. The SMILES string of the molecule is CCN1c2nc(OC[C@@]34CCCN3C[C@H](F)C4)nc3c(F)c(-c4cc(N)nc(C)c4C4CC4)nc(c23)OC[C@@H]1CCO. The molecule has 3 fully saturated rings. The number of alkyl halides is 1. The summed E-state index contributed by atoms with van der Waals surface area (Å²) in [6.45, 7) is 6.05. The number of aromatic nitrogens is 4. The van der Waals surface area contributed by atoms with E-state index in [1.165, 1.54) is 0 Å². The summed E-state index contributed by atoms with van der Waals surface area (Å²) in [5.74, 6) is 0.627. The van der Waals surface area contributed by atoms with Crippen molar-refractivity contribution in [3.05, 3.63) is 23.1 Å². The molecule has 3 aromatic rings. The third-order valence-electron chi connectivity index (χ3n) is 9.38. The number of aryl methyl sites for hydroxylation is 1. The number of pyridine rings is 2. The van der Waals surface area contributed by atoms with Gasteiger partial charge in [0, 0.05) is 37.4 Å². The third-order valence-corrected chi connectivity index (χ3v) is 9.38. The van der Waals surface area contributed by atoms with Crippen molar-refractivity contribution in [3.8, 4) is 23.1 Å². The highest BCUT2D eigenvalue weighted by Gasteiger charge is 2.49. The molecule has 224 valence electrons. The molecule has 0 radical (unpaired) electrons. The molecular formula is C30H37F2N7O3. The minimum absolute atomic E-state index is 0.0268. The minimum atomic E-state index is -0.895. The molecule has 7 rings (SSSR count). The minimum Gasteiger partial charge on any atom is -0.475 e. The van der Waals surface area contributed by atoms with Gasteiger partial charge in [-0.2, -0.15) is 9.97 Å². The first kappa shape index (κ1) is 27.5. The number of ether oxygens (including phenoxy) is 2. The Bertz CT molecular complexity index is 1540. The first-order valence-corrected chi connectivity index (χ1v) is 15.0. The lowest BCUT2D eigenvalue weighted by Crippen LogP contribution is -2.43. The maximum atomic E-state index is 16.8. The van der Waals surface area contributed by atoms with Gasteiger partial charge in [0.25, 0.3) is 0 Å². The molecule has 4 aliphatic rings. The van der Waals surface area contributed by atoms with Crippen molar-refractivity contribution < 1.29 is 23.4 Å². The number of anilines is 2. The van der Waals surface area contributed by atoms with Crippen molar-refractivity contribution in [1.29, 1.82) is 0 Å². The first-order chi connectivity index (χ1) is 20.3. The fourth-order valence-electron chi connectivity index (χ4n) is 7.33. The maximum absolute atomic E-state index is 16.8. The van der Waals surface area contributed by atoms with Crippen LogP contribution in [0.15, 0.2) is 6.07 Å². The van der Waals surface area contributed by atoms with Crippen LogP contribution in [0, 0.1) is 12.7 Å². The molecule has 0 aromatic carbocycles. The Kier molecular flexibility index (Phi) is 6.80. The van der Waals surface area contributed by atoms with Gasteiger partial charge in [-0.1, -0.05) is 0 Å². The molecule has 3 N–H and O–H groups in total. The molecule has 3 aromatic heterocycles. The highest BCUT2D eigenvalue weighted by atomic mass is 19.1. The van der Waals surface area contributed by atoms with E-state index in [9.17, 15) is 9.50 Å². The van der Waals surface area contributed by atoms with Crippen LogP contribution in [0.5, 0.6) is 11.9 Å². The quantitative estimate of drug-likeness (QED) is 0.405. The number of rotatable bonds is 8. The second-order valence-electron chi connectivity index (χ2n) is 12.1. The Balaban J connectivity index is 1.39. The van der Waals surface area contributed by atoms with E-state index in [2.05, 4.69) is 14.9 Å². The molecule has 42 heavy (non-hydrogen) atoms. The average Bonchev–Trinajstić information content (AvgIpc) is 3.67. The normalized spacial score (nSPS) is 25.5. The summed E-state index contributed by atoms with van der Waals surface area (Å²) < 4.78 is 43.6.